The summed E-state index contributed by atoms with van der Waals surface area (Å²) in [7, 11) is 0. The molecule has 0 aromatic heterocycles. The van der Waals surface area contributed by atoms with Gasteiger partial charge in [0.2, 0.25) is 0 Å². The first-order chi connectivity index (χ1) is 7.56. The van der Waals surface area contributed by atoms with E-state index in [1.54, 1.807) is 6.07 Å². The fourth-order valence-corrected chi connectivity index (χ4v) is 1.62. The molecule has 0 bridgehead atoms. The largest absolute Gasteiger partial charge is 0.492 e. The molecule has 16 heavy (non-hydrogen) atoms. The summed E-state index contributed by atoms with van der Waals surface area (Å²) in [5.41, 5.74) is 2.08. The van der Waals surface area contributed by atoms with Gasteiger partial charge in [-0.15, -0.1) is 0 Å². The fraction of sp³-hybridized carbons (Fsp3) is 0.462. The Morgan fingerprint density at radius 3 is 2.62 bits per heavy atom. The minimum atomic E-state index is -0.932. The maximum atomic E-state index is 11.1. The Bertz CT molecular complexity index is 383. The van der Waals surface area contributed by atoms with E-state index >= 15 is 0 Å². The van der Waals surface area contributed by atoms with Gasteiger partial charge in [0.25, 0.3) is 0 Å². The van der Waals surface area contributed by atoms with Crippen molar-refractivity contribution in [2.75, 3.05) is 6.61 Å². The van der Waals surface area contributed by atoms with Crippen LogP contribution in [0, 0.1) is 13.8 Å². The van der Waals surface area contributed by atoms with E-state index in [1.807, 2.05) is 19.9 Å². The monoisotopic (exact) mass is 222 g/mol. The second-order valence-electron chi connectivity index (χ2n) is 3.97. The zero-order valence-corrected chi connectivity index (χ0v) is 10.0. The molecule has 0 saturated carbocycles. The Kier molecular flexibility index (Phi) is 4.35. The Morgan fingerprint density at radius 2 is 2.06 bits per heavy atom. The lowest BCUT2D eigenvalue weighted by Gasteiger charge is -2.12. The van der Waals surface area contributed by atoms with Crippen molar-refractivity contribution in [3.63, 3.8) is 0 Å². The van der Waals surface area contributed by atoms with Crippen molar-refractivity contribution >= 4 is 5.97 Å². The highest BCUT2D eigenvalue weighted by atomic mass is 16.5. The van der Waals surface area contributed by atoms with Crippen LogP contribution >= 0.6 is 0 Å². The molecule has 0 amide bonds. The molecule has 0 aliphatic rings. The summed E-state index contributed by atoms with van der Waals surface area (Å²) < 4.78 is 5.54. The molecule has 1 N–H and O–H groups in total. The normalized spacial score (nSPS) is 10.2. The van der Waals surface area contributed by atoms with Crippen LogP contribution in [0.3, 0.4) is 0 Å². The zero-order chi connectivity index (χ0) is 12.1. The summed E-state index contributed by atoms with van der Waals surface area (Å²) in [5.74, 6) is -0.426. The number of benzene rings is 1. The lowest BCUT2D eigenvalue weighted by Crippen LogP contribution is -2.06. The van der Waals surface area contributed by atoms with Crippen molar-refractivity contribution in [3.05, 3.63) is 28.8 Å². The molecule has 0 saturated heterocycles. The molecule has 0 radical (unpaired) electrons. The molecule has 3 nitrogen and oxygen atoms in total. The predicted octanol–water partition coefficient (Wildman–Crippen LogP) is 3.18. The van der Waals surface area contributed by atoms with Gasteiger partial charge in [-0.2, -0.15) is 0 Å². The molecule has 3 heteroatoms. The van der Waals surface area contributed by atoms with Crippen LogP contribution in [-0.4, -0.2) is 17.7 Å². The van der Waals surface area contributed by atoms with Crippen LogP contribution in [0.15, 0.2) is 12.1 Å². The summed E-state index contributed by atoms with van der Waals surface area (Å²) in [6.45, 7) is 6.40. The Morgan fingerprint density at radius 1 is 1.38 bits per heavy atom. The molecular formula is C13H18O3. The Balaban J connectivity index is 2.99. The molecular weight excluding hydrogens is 204 g/mol. The summed E-state index contributed by atoms with van der Waals surface area (Å²) in [4.78, 5) is 11.1. The van der Waals surface area contributed by atoms with Gasteiger partial charge < -0.3 is 9.84 Å². The van der Waals surface area contributed by atoms with Gasteiger partial charge in [-0.05, 0) is 37.5 Å². The molecule has 0 aliphatic heterocycles. The predicted molar refractivity (Wildman–Crippen MR) is 63.3 cm³/mol. The number of aryl methyl sites for hydroxylation is 2. The lowest BCUT2D eigenvalue weighted by molar-refractivity contribution is 0.0692. The summed E-state index contributed by atoms with van der Waals surface area (Å²) >= 11 is 0. The van der Waals surface area contributed by atoms with Crippen molar-refractivity contribution in [1.82, 2.24) is 0 Å². The zero-order valence-electron chi connectivity index (χ0n) is 10.0. The Labute approximate surface area is 96.1 Å². The first kappa shape index (κ1) is 12.6. The number of carboxylic acids is 1. The highest BCUT2D eigenvalue weighted by Gasteiger charge is 2.14. The molecule has 1 rings (SSSR count). The van der Waals surface area contributed by atoms with E-state index in [-0.39, 0.29) is 5.56 Å². The molecule has 0 unspecified atom stereocenters. The number of hydrogen-bond acceptors (Lipinski definition) is 2. The number of carbonyl (C=O) groups is 1. The third-order valence-corrected chi connectivity index (χ3v) is 2.39. The van der Waals surface area contributed by atoms with E-state index < -0.39 is 5.97 Å². The van der Waals surface area contributed by atoms with E-state index in [4.69, 9.17) is 9.84 Å². The van der Waals surface area contributed by atoms with Crippen LogP contribution in [0.25, 0.3) is 0 Å². The summed E-state index contributed by atoms with van der Waals surface area (Å²) in [6, 6.07) is 3.59. The molecule has 88 valence electrons. The van der Waals surface area contributed by atoms with Crippen LogP contribution in [0.4, 0.5) is 0 Å². The van der Waals surface area contributed by atoms with Gasteiger partial charge in [0.15, 0.2) is 0 Å². The molecule has 1 aromatic rings. The van der Waals surface area contributed by atoms with Gasteiger partial charge in [-0.3, -0.25) is 0 Å². The topological polar surface area (TPSA) is 46.5 Å². The maximum Gasteiger partial charge on any atom is 0.339 e. The number of aromatic carboxylic acids is 1. The number of ether oxygens (including phenoxy) is 1. The summed E-state index contributed by atoms with van der Waals surface area (Å²) in [6.07, 6.45) is 1.97. The van der Waals surface area contributed by atoms with Crippen molar-refractivity contribution in [1.29, 1.82) is 0 Å². The van der Waals surface area contributed by atoms with E-state index in [0.717, 1.165) is 24.0 Å². The third-order valence-electron chi connectivity index (χ3n) is 2.39. The highest BCUT2D eigenvalue weighted by molar-refractivity contribution is 5.91. The average molecular weight is 222 g/mol. The SMILES string of the molecule is CCCCOc1c(C)cc(C)cc1C(=O)O. The minimum absolute atomic E-state index is 0.258. The third kappa shape index (κ3) is 2.99. The fourth-order valence-electron chi connectivity index (χ4n) is 1.62. The van der Waals surface area contributed by atoms with E-state index in [1.165, 1.54) is 0 Å². The molecule has 0 aliphatic carbocycles. The van der Waals surface area contributed by atoms with Gasteiger partial charge in [-0.25, -0.2) is 4.79 Å². The first-order valence-corrected chi connectivity index (χ1v) is 5.53. The molecule has 0 fully saturated rings. The van der Waals surface area contributed by atoms with Gasteiger partial charge >= 0.3 is 5.97 Å². The van der Waals surface area contributed by atoms with Crippen LogP contribution < -0.4 is 4.74 Å². The van der Waals surface area contributed by atoms with Crippen molar-refractivity contribution in [2.45, 2.75) is 33.6 Å². The second-order valence-corrected chi connectivity index (χ2v) is 3.97. The van der Waals surface area contributed by atoms with E-state index in [0.29, 0.717) is 12.4 Å². The number of rotatable bonds is 5. The molecule has 0 spiro atoms. The first-order valence-electron chi connectivity index (χ1n) is 5.53. The second kappa shape index (κ2) is 5.54. The van der Waals surface area contributed by atoms with Gasteiger partial charge in [0.1, 0.15) is 11.3 Å². The van der Waals surface area contributed by atoms with Crippen molar-refractivity contribution in [3.8, 4) is 5.75 Å². The van der Waals surface area contributed by atoms with Gasteiger partial charge in [0, 0.05) is 0 Å². The van der Waals surface area contributed by atoms with Crippen LogP contribution in [-0.2, 0) is 0 Å². The van der Waals surface area contributed by atoms with E-state index in [9.17, 15) is 4.79 Å². The maximum absolute atomic E-state index is 11.1. The van der Waals surface area contributed by atoms with Gasteiger partial charge in [0.05, 0.1) is 6.61 Å². The average Bonchev–Trinajstić information content (AvgIpc) is 2.20. The number of carboxylic acid groups (broad SMARTS) is 1. The quantitative estimate of drug-likeness (QED) is 0.778. The molecule has 0 atom stereocenters. The Hall–Kier alpha value is -1.51. The van der Waals surface area contributed by atoms with Crippen molar-refractivity contribution in [2.24, 2.45) is 0 Å². The molecule has 0 heterocycles. The number of hydrogen-bond donors (Lipinski definition) is 1. The minimum Gasteiger partial charge on any atom is -0.492 e. The molecule has 1 aromatic carbocycles. The van der Waals surface area contributed by atoms with Crippen LogP contribution in [0.5, 0.6) is 5.75 Å². The number of unbranched alkanes of at least 4 members (excludes halogenated alkanes) is 1. The highest BCUT2D eigenvalue weighted by Crippen LogP contribution is 2.25. The van der Waals surface area contributed by atoms with Crippen LogP contribution in [0.1, 0.15) is 41.3 Å². The van der Waals surface area contributed by atoms with Crippen molar-refractivity contribution < 1.29 is 14.6 Å². The van der Waals surface area contributed by atoms with Crippen LogP contribution in [0.2, 0.25) is 0 Å². The standard InChI is InChI=1S/C13H18O3/c1-4-5-6-16-12-10(3)7-9(2)8-11(12)13(14)15/h7-8H,4-6H2,1-3H3,(H,14,15). The van der Waals surface area contributed by atoms with Gasteiger partial charge in [-0.1, -0.05) is 19.4 Å². The lowest BCUT2D eigenvalue weighted by atomic mass is 10.1. The van der Waals surface area contributed by atoms with E-state index in [2.05, 4.69) is 6.92 Å². The summed E-state index contributed by atoms with van der Waals surface area (Å²) in [5, 5.41) is 9.09. The smallest absolute Gasteiger partial charge is 0.339 e.